The van der Waals surface area contributed by atoms with E-state index in [0.29, 0.717) is 6.54 Å². The quantitative estimate of drug-likeness (QED) is 0.678. The van der Waals surface area contributed by atoms with Crippen LogP contribution >= 0.6 is 11.3 Å². The van der Waals surface area contributed by atoms with Gasteiger partial charge in [0.25, 0.3) is 0 Å². The average Bonchev–Trinajstić information content (AvgIpc) is 2.34. The first-order valence-electron chi connectivity index (χ1n) is 2.84. The molecule has 0 unspecified atom stereocenters. The summed E-state index contributed by atoms with van der Waals surface area (Å²) in [5, 5.41) is 5.28. The Labute approximate surface area is 63.1 Å². The minimum atomic E-state index is -0.0322. The summed E-state index contributed by atoms with van der Waals surface area (Å²) in [5.41, 5.74) is 0. The first-order valence-corrected chi connectivity index (χ1v) is 3.72. The second-order valence-corrected chi connectivity index (χ2v) is 2.72. The van der Waals surface area contributed by atoms with Crippen molar-refractivity contribution in [2.45, 2.75) is 13.5 Å². The summed E-state index contributed by atoms with van der Waals surface area (Å²) in [6, 6.07) is 0. The number of carbonyl (C=O) groups excluding carboxylic acids is 1. The van der Waals surface area contributed by atoms with E-state index >= 15 is 0 Å². The molecule has 0 bridgehead atoms. The average molecular weight is 155 g/mol. The number of hydrogen-bond acceptors (Lipinski definition) is 3. The molecular formula is C6H7N2OS. The molecule has 1 N–H and O–H groups in total. The van der Waals surface area contributed by atoms with Crippen LogP contribution in [-0.2, 0) is 11.3 Å². The molecule has 0 fully saturated rings. The molecule has 0 spiro atoms. The predicted molar refractivity (Wildman–Crippen MR) is 38.5 cm³/mol. The number of rotatable bonds is 2. The van der Waals surface area contributed by atoms with Gasteiger partial charge in [-0.2, -0.15) is 0 Å². The maximum atomic E-state index is 10.4. The normalized spacial score (nSPS) is 9.30. The fourth-order valence-corrected chi connectivity index (χ4v) is 1.00. The van der Waals surface area contributed by atoms with Crippen molar-refractivity contribution in [3.63, 3.8) is 0 Å². The zero-order valence-electron chi connectivity index (χ0n) is 5.55. The third-order valence-electron chi connectivity index (χ3n) is 0.925. The van der Waals surface area contributed by atoms with E-state index in [1.54, 1.807) is 5.38 Å². The molecule has 0 aliphatic carbocycles. The topological polar surface area (TPSA) is 42.0 Å². The Morgan fingerprint density at radius 2 is 2.80 bits per heavy atom. The SMILES string of the molecule is CC(=O)NCc1n[c]cs1. The minimum Gasteiger partial charge on any atom is -0.350 e. The summed E-state index contributed by atoms with van der Waals surface area (Å²) in [5.74, 6) is -0.0322. The molecular weight excluding hydrogens is 148 g/mol. The fraction of sp³-hybridized carbons (Fsp3) is 0.333. The Bertz CT molecular complexity index is 208. The van der Waals surface area contributed by atoms with Crippen LogP contribution in [0.2, 0.25) is 0 Å². The van der Waals surface area contributed by atoms with Gasteiger partial charge in [0.15, 0.2) is 0 Å². The third kappa shape index (κ3) is 2.14. The standard InChI is InChI=1S/C6H7N2OS/c1-5(9)8-4-6-7-2-3-10-6/h3H,4H2,1H3,(H,8,9). The number of aromatic nitrogens is 1. The highest BCUT2D eigenvalue weighted by Gasteiger charge is 1.94. The summed E-state index contributed by atoms with van der Waals surface area (Å²) in [4.78, 5) is 14.3. The van der Waals surface area contributed by atoms with E-state index in [4.69, 9.17) is 0 Å². The van der Waals surface area contributed by atoms with Crippen molar-refractivity contribution in [2.75, 3.05) is 0 Å². The van der Waals surface area contributed by atoms with Crippen LogP contribution in [0.15, 0.2) is 5.38 Å². The number of carbonyl (C=O) groups is 1. The van der Waals surface area contributed by atoms with Gasteiger partial charge in [0, 0.05) is 12.3 Å². The summed E-state index contributed by atoms with van der Waals surface area (Å²) in [6.45, 7) is 2.00. The van der Waals surface area contributed by atoms with Gasteiger partial charge in [-0.05, 0) is 0 Å². The number of amides is 1. The number of thiazole rings is 1. The molecule has 1 rings (SSSR count). The molecule has 3 nitrogen and oxygen atoms in total. The van der Waals surface area contributed by atoms with Gasteiger partial charge in [-0.1, -0.05) is 0 Å². The van der Waals surface area contributed by atoms with E-state index in [1.165, 1.54) is 18.3 Å². The van der Waals surface area contributed by atoms with Crippen molar-refractivity contribution in [3.8, 4) is 0 Å². The highest BCUT2D eigenvalue weighted by Crippen LogP contribution is 2.01. The molecule has 1 aromatic rings. The Balaban J connectivity index is 2.35. The summed E-state index contributed by atoms with van der Waals surface area (Å²) >= 11 is 1.48. The molecule has 1 radical (unpaired) electrons. The first kappa shape index (κ1) is 7.21. The fourth-order valence-electron chi connectivity index (χ4n) is 0.500. The van der Waals surface area contributed by atoms with E-state index < -0.39 is 0 Å². The van der Waals surface area contributed by atoms with Gasteiger partial charge in [-0.3, -0.25) is 4.79 Å². The Kier molecular flexibility index (Phi) is 2.39. The maximum absolute atomic E-state index is 10.4. The van der Waals surface area contributed by atoms with Gasteiger partial charge in [-0.25, -0.2) is 4.98 Å². The zero-order chi connectivity index (χ0) is 7.40. The van der Waals surface area contributed by atoms with E-state index in [2.05, 4.69) is 16.5 Å². The van der Waals surface area contributed by atoms with Crippen LogP contribution in [0, 0.1) is 6.20 Å². The van der Waals surface area contributed by atoms with Crippen LogP contribution in [-0.4, -0.2) is 10.9 Å². The van der Waals surface area contributed by atoms with Gasteiger partial charge in [0.1, 0.15) is 11.2 Å². The third-order valence-corrected chi connectivity index (χ3v) is 1.66. The molecule has 1 aromatic heterocycles. The number of nitrogens with one attached hydrogen (secondary N) is 1. The van der Waals surface area contributed by atoms with Gasteiger partial charge in [0.2, 0.25) is 5.91 Å². The van der Waals surface area contributed by atoms with Crippen LogP contribution in [0.1, 0.15) is 11.9 Å². The lowest BCUT2D eigenvalue weighted by atomic mass is 10.6. The molecule has 10 heavy (non-hydrogen) atoms. The second kappa shape index (κ2) is 3.31. The molecule has 1 amide bonds. The molecule has 0 saturated carbocycles. The molecule has 1 heterocycles. The van der Waals surface area contributed by atoms with Gasteiger partial charge in [-0.15, -0.1) is 11.3 Å². The number of nitrogens with zero attached hydrogens (tertiary/aromatic N) is 1. The smallest absolute Gasteiger partial charge is 0.217 e. The van der Waals surface area contributed by atoms with Crippen molar-refractivity contribution >= 4 is 17.2 Å². The number of hydrogen-bond donors (Lipinski definition) is 1. The first-order chi connectivity index (χ1) is 4.79. The lowest BCUT2D eigenvalue weighted by molar-refractivity contribution is -0.119. The van der Waals surface area contributed by atoms with Crippen LogP contribution in [0.3, 0.4) is 0 Å². The molecule has 0 aliphatic rings. The van der Waals surface area contributed by atoms with Crippen molar-refractivity contribution in [2.24, 2.45) is 0 Å². The van der Waals surface area contributed by atoms with Crippen LogP contribution in [0.5, 0.6) is 0 Å². The van der Waals surface area contributed by atoms with Crippen LogP contribution < -0.4 is 5.32 Å². The highest BCUT2D eigenvalue weighted by atomic mass is 32.1. The largest absolute Gasteiger partial charge is 0.350 e. The van der Waals surface area contributed by atoms with Crippen molar-refractivity contribution < 1.29 is 4.79 Å². The van der Waals surface area contributed by atoms with Crippen molar-refractivity contribution in [3.05, 3.63) is 16.6 Å². The lowest BCUT2D eigenvalue weighted by Crippen LogP contribution is -2.18. The molecule has 53 valence electrons. The predicted octanol–water partition coefficient (Wildman–Crippen LogP) is 0.579. The Hall–Kier alpha value is -0.900. The van der Waals surface area contributed by atoms with Gasteiger partial charge < -0.3 is 5.32 Å². The summed E-state index contributed by atoms with van der Waals surface area (Å²) in [7, 11) is 0. The van der Waals surface area contributed by atoms with Crippen LogP contribution in [0.4, 0.5) is 0 Å². The van der Waals surface area contributed by atoms with Crippen LogP contribution in [0.25, 0.3) is 0 Å². The summed E-state index contributed by atoms with van der Waals surface area (Å²) in [6.07, 6.45) is 2.67. The molecule has 0 saturated heterocycles. The van der Waals surface area contributed by atoms with E-state index in [1.807, 2.05) is 0 Å². The van der Waals surface area contributed by atoms with E-state index in [9.17, 15) is 4.79 Å². The van der Waals surface area contributed by atoms with Crippen molar-refractivity contribution in [1.82, 2.24) is 10.3 Å². The highest BCUT2D eigenvalue weighted by molar-refractivity contribution is 7.09. The zero-order valence-corrected chi connectivity index (χ0v) is 6.36. The van der Waals surface area contributed by atoms with Crippen molar-refractivity contribution in [1.29, 1.82) is 0 Å². The second-order valence-electron chi connectivity index (χ2n) is 1.78. The maximum Gasteiger partial charge on any atom is 0.217 e. The Morgan fingerprint density at radius 3 is 3.30 bits per heavy atom. The molecule has 0 aromatic carbocycles. The van der Waals surface area contributed by atoms with Gasteiger partial charge >= 0.3 is 0 Å². The lowest BCUT2D eigenvalue weighted by Gasteiger charge is -1.94. The minimum absolute atomic E-state index is 0.0322. The summed E-state index contributed by atoms with van der Waals surface area (Å²) < 4.78 is 0. The van der Waals surface area contributed by atoms with E-state index in [0.717, 1.165) is 5.01 Å². The molecule has 0 atom stereocenters. The Morgan fingerprint density at radius 1 is 2.00 bits per heavy atom. The molecule has 4 heteroatoms. The molecule has 0 aliphatic heterocycles. The monoisotopic (exact) mass is 155 g/mol. The van der Waals surface area contributed by atoms with E-state index in [-0.39, 0.29) is 5.91 Å². The van der Waals surface area contributed by atoms with Gasteiger partial charge in [0.05, 0.1) is 6.54 Å².